The fourth-order valence-corrected chi connectivity index (χ4v) is 5.99. The number of aliphatic hydroxyl groups excluding tert-OH is 1. The molecule has 1 aliphatic heterocycles. The van der Waals surface area contributed by atoms with Crippen molar-refractivity contribution in [3.05, 3.63) is 54.2 Å². The van der Waals surface area contributed by atoms with Gasteiger partial charge in [0, 0.05) is 24.2 Å². The summed E-state index contributed by atoms with van der Waals surface area (Å²) in [6.45, 7) is 0.539. The smallest absolute Gasteiger partial charge is 0.185 e. The van der Waals surface area contributed by atoms with Crippen LogP contribution in [0.5, 0.6) is 0 Å². The van der Waals surface area contributed by atoms with Gasteiger partial charge >= 0.3 is 0 Å². The van der Waals surface area contributed by atoms with E-state index in [4.69, 9.17) is 0 Å². The zero-order valence-electron chi connectivity index (χ0n) is 15.2. The van der Waals surface area contributed by atoms with Gasteiger partial charge in [-0.15, -0.1) is 11.3 Å². The highest BCUT2D eigenvalue weighted by Gasteiger charge is 2.37. The van der Waals surface area contributed by atoms with E-state index in [1.807, 2.05) is 29.8 Å². The van der Waals surface area contributed by atoms with Crippen LogP contribution in [-0.2, 0) is 9.84 Å². The molecule has 2 unspecified atom stereocenters. The number of nitrogens with one attached hydrogen (secondary N) is 2. The van der Waals surface area contributed by atoms with Gasteiger partial charge in [0.25, 0.3) is 0 Å². The highest BCUT2D eigenvalue weighted by Crippen LogP contribution is 2.28. The number of anilines is 2. The fraction of sp³-hybridized carbons (Fsp3) is 0.200. The van der Waals surface area contributed by atoms with Crippen LogP contribution < -0.4 is 10.6 Å². The van der Waals surface area contributed by atoms with Crippen LogP contribution in [0.1, 0.15) is 0 Å². The van der Waals surface area contributed by atoms with Crippen LogP contribution in [0.25, 0.3) is 21.1 Å². The van der Waals surface area contributed by atoms with Crippen molar-refractivity contribution in [2.75, 3.05) is 18.4 Å². The molecule has 5 rings (SSSR count). The SMILES string of the molecule is O=S(=O)(c1ccc2ncc(Nc3ccc4scnc4c3)cc2c1)C1CNCC1O. The highest BCUT2D eigenvalue weighted by atomic mass is 32.2. The quantitative estimate of drug-likeness (QED) is 0.461. The van der Waals surface area contributed by atoms with E-state index in [9.17, 15) is 13.5 Å². The van der Waals surface area contributed by atoms with Gasteiger partial charge in [0.2, 0.25) is 0 Å². The minimum absolute atomic E-state index is 0.195. The second-order valence-corrected chi connectivity index (χ2v) is 10.1. The Bertz CT molecular complexity index is 1320. The summed E-state index contributed by atoms with van der Waals surface area (Å²) in [4.78, 5) is 8.95. The monoisotopic (exact) mass is 426 g/mol. The average molecular weight is 427 g/mol. The van der Waals surface area contributed by atoms with Crippen LogP contribution >= 0.6 is 11.3 Å². The lowest BCUT2D eigenvalue weighted by atomic mass is 10.2. The first-order valence-corrected chi connectivity index (χ1v) is 11.6. The Morgan fingerprint density at radius 3 is 2.76 bits per heavy atom. The second kappa shape index (κ2) is 7.03. The lowest BCUT2D eigenvalue weighted by molar-refractivity contribution is 0.198. The molecule has 0 aliphatic carbocycles. The maximum absolute atomic E-state index is 12.9. The van der Waals surface area contributed by atoms with Crippen LogP contribution in [0.2, 0.25) is 0 Å². The van der Waals surface area contributed by atoms with Crippen molar-refractivity contribution in [1.29, 1.82) is 0 Å². The first kappa shape index (κ1) is 18.4. The molecule has 2 aromatic carbocycles. The summed E-state index contributed by atoms with van der Waals surface area (Å²) < 4.78 is 27.0. The number of β-amino-alcohol motifs (C(OH)–C–C–N with tert-alkyl or cyclic N) is 1. The van der Waals surface area contributed by atoms with Crippen LogP contribution in [0.15, 0.2) is 59.1 Å². The van der Waals surface area contributed by atoms with Gasteiger partial charge in [0.15, 0.2) is 9.84 Å². The maximum atomic E-state index is 12.9. The molecule has 1 aliphatic rings. The average Bonchev–Trinajstić information content (AvgIpc) is 3.36. The standard InChI is InChI=1S/C20H18N4O3S2/c25-18-9-21-10-20(18)29(26,27)15-2-3-16-12(6-15)5-14(8-22-16)24-13-1-4-19-17(7-13)23-11-28-19/h1-8,11,18,20-21,24-25H,9-10H2. The molecule has 29 heavy (non-hydrogen) atoms. The third kappa shape index (κ3) is 3.36. The Labute approximate surface area is 171 Å². The number of hydrogen-bond acceptors (Lipinski definition) is 8. The summed E-state index contributed by atoms with van der Waals surface area (Å²) in [5.74, 6) is 0. The maximum Gasteiger partial charge on any atom is 0.185 e. The van der Waals surface area contributed by atoms with Crippen LogP contribution in [0, 0.1) is 0 Å². The van der Waals surface area contributed by atoms with Crippen molar-refractivity contribution < 1.29 is 13.5 Å². The van der Waals surface area contributed by atoms with Gasteiger partial charge < -0.3 is 15.7 Å². The molecule has 9 heteroatoms. The molecule has 1 saturated heterocycles. The summed E-state index contributed by atoms with van der Waals surface area (Å²) >= 11 is 1.59. The molecule has 0 radical (unpaired) electrons. The molecule has 0 saturated carbocycles. The number of nitrogens with zero attached hydrogens (tertiary/aromatic N) is 2. The Hall–Kier alpha value is -2.59. The van der Waals surface area contributed by atoms with Gasteiger partial charge in [-0.2, -0.15) is 0 Å². The molecule has 0 bridgehead atoms. The van der Waals surface area contributed by atoms with E-state index in [1.165, 1.54) is 0 Å². The fourth-order valence-electron chi connectivity index (χ4n) is 3.59. The van der Waals surface area contributed by atoms with Crippen molar-refractivity contribution in [2.24, 2.45) is 0 Å². The van der Waals surface area contributed by atoms with Gasteiger partial charge in [-0.05, 0) is 42.5 Å². The Kier molecular flexibility index (Phi) is 4.47. The third-order valence-corrected chi connectivity index (χ3v) is 8.13. The Morgan fingerprint density at radius 2 is 1.93 bits per heavy atom. The summed E-state index contributed by atoms with van der Waals surface area (Å²) in [7, 11) is -3.64. The molecule has 3 heterocycles. The van der Waals surface area contributed by atoms with E-state index in [0.29, 0.717) is 10.9 Å². The lowest BCUT2D eigenvalue weighted by Gasteiger charge is -2.15. The number of rotatable bonds is 4. The molecule has 4 aromatic rings. The number of pyridine rings is 1. The molecule has 7 nitrogen and oxygen atoms in total. The molecule has 1 fully saturated rings. The zero-order valence-corrected chi connectivity index (χ0v) is 16.9. The van der Waals surface area contributed by atoms with Crippen molar-refractivity contribution in [3.8, 4) is 0 Å². The van der Waals surface area contributed by atoms with E-state index >= 15 is 0 Å². The zero-order chi connectivity index (χ0) is 20.0. The number of thiazole rings is 1. The van der Waals surface area contributed by atoms with Gasteiger partial charge in [0.05, 0.1) is 44.1 Å². The summed E-state index contributed by atoms with van der Waals surface area (Å²) in [5.41, 5.74) is 5.07. The summed E-state index contributed by atoms with van der Waals surface area (Å²) in [6, 6.07) is 12.7. The van der Waals surface area contributed by atoms with Gasteiger partial charge in [-0.3, -0.25) is 4.98 Å². The van der Waals surface area contributed by atoms with Crippen molar-refractivity contribution in [2.45, 2.75) is 16.2 Å². The van der Waals surface area contributed by atoms with E-state index in [-0.39, 0.29) is 18.0 Å². The van der Waals surface area contributed by atoms with E-state index in [2.05, 4.69) is 20.6 Å². The summed E-state index contributed by atoms with van der Waals surface area (Å²) in [5, 5.41) is 16.1. The largest absolute Gasteiger partial charge is 0.390 e. The molecular weight excluding hydrogens is 408 g/mol. The number of aromatic nitrogens is 2. The molecule has 3 N–H and O–H groups in total. The predicted molar refractivity (Wildman–Crippen MR) is 114 cm³/mol. The Morgan fingerprint density at radius 1 is 1.03 bits per heavy atom. The molecule has 2 atom stereocenters. The third-order valence-electron chi connectivity index (χ3n) is 5.13. The first-order valence-electron chi connectivity index (χ1n) is 9.13. The number of fused-ring (bicyclic) bond motifs is 2. The first-order chi connectivity index (χ1) is 14.0. The minimum atomic E-state index is -3.64. The molecule has 0 amide bonds. The van der Waals surface area contributed by atoms with Crippen LogP contribution in [-0.4, -0.2) is 47.9 Å². The van der Waals surface area contributed by atoms with Crippen molar-refractivity contribution in [1.82, 2.24) is 15.3 Å². The van der Waals surface area contributed by atoms with E-state index in [0.717, 1.165) is 21.6 Å². The molecule has 148 valence electrons. The number of benzene rings is 2. The van der Waals surface area contributed by atoms with Crippen molar-refractivity contribution >= 4 is 53.7 Å². The minimum Gasteiger partial charge on any atom is -0.390 e. The van der Waals surface area contributed by atoms with E-state index in [1.54, 1.807) is 35.7 Å². The van der Waals surface area contributed by atoms with Crippen molar-refractivity contribution in [3.63, 3.8) is 0 Å². The molecule has 0 spiro atoms. The topological polar surface area (TPSA) is 104 Å². The second-order valence-electron chi connectivity index (χ2n) is 7.05. The summed E-state index contributed by atoms with van der Waals surface area (Å²) in [6.07, 6.45) is 0.814. The van der Waals surface area contributed by atoms with Crippen LogP contribution in [0.3, 0.4) is 0 Å². The lowest BCUT2D eigenvalue weighted by Crippen LogP contribution is -2.32. The molecule has 2 aromatic heterocycles. The van der Waals surface area contributed by atoms with E-state index < -0.39 is 21.2 Å². The van der Waals surface area contributed by atoms with Gasteiger partial charge in [-0.25, -0.2) is 13.4 Å². The van der Waals surface area contributed by atoms with Gasteiger partial charge in [0.1, 0.15) is 5.25 Å². The number of aliphatic hydroxyl groups is 1. The molecular formula is C20H18N4O3S2. The number of sulfone groups is 1. The predicted octanol–water partition coefficient (Wildman–Crippen LogP) is 2.69. The van der Waals surface area contributed by atoms with Crippen LogP contribution in [0.4, 0.5) is 11.4 Å². The van der Waals surface area contributed by atoms with Gasteiger partial charge in [-0.1, -0.05) is 0 Å². The number of hydrogen-bond donors (Lipinski definition) is 3. The normalized spacial score (nSPS) is 19.8. The highest BCUT2D eigenvalue weighted by molar-refractivity contribution is 7.92. The Balaban J connectivity index is 1.49.